The van der Waals surface area contributed by atoms with Crippen molar-refractivity contribution in [3.63, 3.8) is 0 Å². The lowest BCUT2D eigenvalue weighted by molar-refractivity contribution is -0.173. The van der Waals surface area contributed by atoms with Gasteiger partial charge in [0.15, 0.2) is 5.17 Å². The van der Waals surface area contributed by atoms with Gasteiger partial charge in [0.1, 0.15) is 6.61 Å². The van der Waals surface area contributed by atoms with Crippen LogP contribution in [-0.4, -0.2) is 42.4 Å². The van der Waals surface area contributed by atoms with E-state index < -0.39 is 12.8 Å². The molecule has 0 aromatic rings. The molecule has 0 bridgehead atoms. The smallest absolute Gasteiger partial charge is 0.370 e. The monoisotopic (exact) mass is 296 g/mol. The fraction of sp³-hybridized carbons (Fsp3) is 0.917. The lowest BCUT2D eigenvalue weighted by Gasteiger charge is -2.32. The molecule has 19 heavy (non-hydrogen) atoms. The average molecular weight is 296 g/mol. The summed E-state index contributed by atoms with van der Waals surface area (Å²) in [7, 11) is 0. The number of hydrogen-bond donors (Lipinski definition) is 1. The van der Waals surface area contributed by atoms with E-state index in [9.17, 15) is 13.2 Å². The molecule has 1 heterocycles. The predicted molar refractivity (Wildman–Crippen MR) is 70.6 cm³/mol. The number of ether oxygens (including phenoxy) is 1. The molecule has 2 fully saturated rings. The van der Waals surface area contributed by atoms with E-state index in [2.05, 4.69) is 15.0 Å². The first kappa shape index (κ1) is 15.0. The van der Waals surface area contributed by atoms with Gasteiger partial charge in [-0.3, -0.25) is 4.99 Å². The van der Waals surface area contributed by atoms with Gasteiger partial charge in [-0.1, -0.05) is 31.0 Å². The summed E-state index contributed by atoms with van der Waals surface area (Å²) < 4.78 is 40.1. The molecule has 1 saturated carbocycles. The van der Waals surface area contributed by atoms with E-state index in [-0.39, 0.29) is 18.7 Å². The third kappa shape index (κ3) is 4.87. The highest BCUT2D eigenvalue weighted by Crippen LogP contribution is 2.36. The van der Waals surface area contributed by atoms with E-state index in [1.807, 2.05) is 0 Å². The number of rotatable bonds is 4. The van der Waals surface area contributed by atoms with Crippen molar-refractivity contribution in [1.29, 1.82) is 0 Å². The van der Waals surface area contributed by atoms with Crippen LogP contribution in [0.3, 0.4) is 0 Å². The maximum absolute atomic E-state index is 11.8. The highest BCUT2D eigenvalue weighted by Gasteiger charge is 2.37. The third-order valence-electron chi connectivity index (χ3n) is 3.42. The lowest BCUT2D eigenvalue weighted by atomic mass is 9.83. The molecule has 3 nitrogen and oxygen atoms in total. The van der Waals surface area contributed by atoms with Gasteiger partial charge in [0.25, 0.3) is 0 Å². The van der Waals surface area contributed by atoms with Crippen LogP contribution >= 0.6 is 11.8 Å². The highest BCUT2D eigenvalue weighted by molar-refractivity contribution is 8.14. The van der Waals surface area contributed by atoms with E-state index in [1.165, 1.54) is 32.1 Å². The summed E-state index contributed by atoms with van der Waals surface area (Å²) in [5, 5.41) is 4.31. The van der Waals surface area contributed by atoms with Gasteiger partial charge in [-0.2, -0.15) is 13.2 Å². The van der Waals surface area contributed by atoms with E-state index in [1.54, 1.807) is 11.8 Å². The van der Waals surface area contributed by atoms with Crippen molar-refractivity contribution in [3.8, 4) is 0 Å². The van der Waals surface area contributed by atoms with Crippen molar-refractivity contribution in [2.24, 2.45) is 4.99 Å². The Bertz CT molecular complexity index is 327. The molecule has 0 aromatic carbocycles. The number of aliphatic imine (C=N–C) groups is 1. The van der Waals surface area contributed by atoms with Gasteiger partial charge in [-0.15, -0.1) is 0 Å². The summed E-state index contributed by atoms with van der Waals surface area (Å²) in [5.41, 5.74) is 0.189. The second-order valence-electron chi connectivity index (χ2n) is 5.11. The van der Waals surface area contributed by atoms with Gasteiger partial charge in [0, 0.05) is 11.3 Å². The van der Waals surface area contributed by atoms with Gasteiger partial charge in [-0.05, 0) is 12.8 Å². The SMILES string of the molecule is FC(F)(F)COCCN=C1NC2(CCCCC2)CS1. The van der Waals surface area contributed by atoms with Crippen molar-refractivity contribution in [1.82, 2.24) is 5.32 Å². The molecular formula is C12H19F3N2OS. The van der Waals surface area contributed by atoms with Gasteiger partial charge in [-0.25, -0.2) is 0 Å². The van der Waals surface area contributed by atoms with Gasteiger partial charge >= 0.3 is 6.18 Å². The number of hydrogen-bond acceptors (Lipinski definition) is 3. The zero-order valence-electron chi connectivity index (χ0n) is 10.8. The zero-order chi connectivity index (χ0) is 13.8. The Hall–Kier alpha value is -0.430. The van der Waals surface area contributed by atoms with E-state index in [4.69, 9.17) is 0 Å². The first-order valence-corrected chi connectivity index (χ1v) is 7.58. The normalized spacial score (nSPS) is 24.9. The molecule has 0 aromatic heterocycles. The summed E-state index contributed by atoms with van der Waals surface area (Å²) in [4.78, 5) is 4.27. The zero-order valence-corrected chi connectivity index (χ0v) is 11.6. The van der Waals surface area contributed by atoms with Gasteiger partial charge in [0.05, 0.1) is 13.2 Å². The summed E-state index contributed by atoms with van der Waals surface area (Å²) in [6, 6.07) is 0. The number of thioether (sulfide) groups is 1. The fourth-order valence-corrected chi connectivity index (χ4v) is 3.73. The van der Waals surface area contributed by atoms with Crippen LogP contribution in [0.25, 0.3) is 0 Å². The van der Waals surface area contributed by atoms with Crippen LogP contribution in [0.15, 0.2) is 4.99 Å². The minimum Gasteiger partial charge on any atom is -0.370 e. The van der Waals surface area contributed by atoms with Crippen molar-refractivity contribution in [2.45, 2.75) is 43.8 Å². The average Bonchev–Trinajstić information content (AvgIpc) is 2.71. The number of halogens is 3. The Morgan fingerprint density at radius 2 is 2.00 bits per heavy atom. The summed E-state index contributed by atoms with van der Waals surface area (Å²) in [5.74, 6) is 1.02. The van der Waals surface area contributed by atoms with Crippen molar-refractivity contribution >= 4 is 16.9 Å². The number of nitrogens with one attached hydrogen (secondary N) is 1. The fourth-order valence-electron chi connectivity index (χ4n) is 2.49. The molecule has 1 N–H and O–H groups in total. The minimum atomic E-state index is -4.25. The number of nitrogens with zero attached hydrogens (tertiary/aromatic N) is 1. The van der Waals surface area contributed by atoms with Crippen LogP contribution in [0, 0.1) is 0 Å². The standard InChI is InChI=1S/C12H19F3N2OS/c13-12(14,15)8-18-7-6-16-10-17-11(9-19-10)4-2-1-3-5-11/h1-9H2,(H,16,17). The number of alkyl halides is 3. The van der Waals surface area contributed by atoms with E-state index in [0.29, 0.717) is 0 Å². The largest absolute Gasteiger partial charge is 0.411 e. The third-order valence-corrected chi connectivity index (χ3v) is 4.63. The Morgan fingerprint density at radius 3 is 2.68 bits per heavy atom. The maximum Gasteiger partial charge on any atom is 0.411 e. The lowest BCUT2D eigenvalue weighted by Crippen LogP contribution is -2.45. The molecular weight excluding hydrogens is 277 g/mol. The van der Waals surface area contributed by atoms with E-state index in [0.717, 1.165) is 10.9 Å². The van der Waals surface area contributed by atoms with Crippen LogP contribution < -0.4 is 5.32 Å². The summed E-state index contributed by atoms with van der Waals surface area (Å²) in [6.45, 7) is -0.901. The molecule has 2 rings (SSSR count). The molecule has 1 aliphatic carbocycles. The Labute approximate surface area is 115 Å². The van der Waals surface area contributed by atoms with Crippen LogP contribution in [0.4, 0.5) is 13.2 Å². The summed E-state index contributed by atoms with van der Waals surface area (Å²) >= 11 is 1.67. The Kier molecular flexibility index (Phi) is 5.00. The van der Waals surface area contributed by atoms with Crippen LogP contribution in [0.5, 0.6) is 0 Å². The molecule has 0 radical (unpaired) electrons. The van der Waals surface area contributed by atoms with Crippen LogP contribution in [0.1, 0.15) is 32.1 Å². The molecule has 110 valence electrons. The molecule has 7 heteroatoms. The predicted octanol–water partition coefficient (Wildman–Crippen LogP) is 2.96. The van der Waals surface area contributed by atoms with Crippen LogP contribution in [-0.2, 0) is 4.74 Å². The quantitative estimate of drug-likeness (QED) is 0.810. The van der Waals surface area contributed by atoms with Crippen molar-refractivity contribution in [3.05, 3.63) is 0 Å². The maximum atomic E-state index is 11.8. The van der Waals surface area contributed by atoms with Gasteiger partial charge < -0.3 is 10.1 Å². The first-order valence-electron chi connectivity index (χ1n) is 6.59. The highest BCUT2D eigenvalue weighted by atomic mass is 32.2. The van der Waals surface area contributed by atoms with Crippen LogP contribution in [0.2, 0.25) is 0 Å². The summed E-state index contributed by atoms with van der Waals surface area (Å²) in [6.07, 6.45) is 1.88. The Morgan fingerprint density at radius 1 is 1.26 bits per heavy atom. The molecule has 1 saturated heterocycles. The first-order chi connectivity index (χ1) is 8.99. The molecule has 1 spiro atoms. The van der Waals surface area contributed by atoms with Crippen molar-refractivity contribution in [2.75, 3.05) is 25.5 Å². The molecule has 0 amide bonds. The molecule has 0 atom stereocenters. The molecule has 2 aliphatic rings. The molecule has 1 aliphatic heterocycles. The molecule has 0 unspecified atom stereocenters. The topological polar surface area (TPSA) is 33.6 Å². The minimum absolute atomic E-state index is 0.0122. The van der Waals surface area contributed by atoms with Crippen molar-refractivity contribution < 1.29 is 17.9 Å². The second-order valence-corrected chi connectivity index (χ2v) is 6.07. The van der Waals surface area contributed by atoms with Gasteiger partial charge in [0.2, 0.25) is 0 Å². The Balaban J connectivity index is 1.67. The van der Waals surface area contributed by atoms with E-state index >= 15 is 0 Å². The second kappa shape index (κ2) is 6.35. The number of amidine groups is 1.